The van der Waals surface area contributed by atoms with Crippen LogP contribution in [0.5, 0.6) is 5.75 Å². The average Bonchev–Trinajstić information content (AvgIpc) is 2.38. The lowest BCUT2D eigenvalue weighted by Gasteiger charge is -2.28. The van der Waals surface area contributed by atoms with E-state index in [1.165, 1.54) is 11.1 Å². The van der Waals surface area contributed by atoms with E-state index in [2.05, 4.69) is 45.0 Å². The summed E-state index contributed by atoms with van der Waals surface area (Å²) in [5.74, 6) is 1.50. The highest BCUT2D eigenvalue weighted by atomic mass is 16.5. The molecule has 0 amide bonds. The molecule has 0 radical (unpaired) electrons. The number of benzene rings is 1. The maximum Gasteiger partial charge on any atom is 0.120 e. The molecule has 0 fully saturated rings. The van der Waals surface area contributed by atoms with Gasteiger partial charge in [-0.2, -0.15) is 0 Å². The van der Waals surface area contributed by atoms with Crippen LogP contribution in [0.4, 0.5) is 0 Å². The maximum absolute atomic E-state index is 6.12. The van der Waals surface area contributed by atoms with Crippen LogP contribution < -0.4 is 10.5 Å². The molecule has 2 rings (SSSR count). The Balaban J connectivity index is 1.93. The first-order chi connectivity index (χ1) is 8.96. The third-order valence-electron chi connectivity index (χ3n) is 3.82. The zero-order chi connectivity index (χ0) is 13.9. The van der Waals surface area contributed by atoms with Crippen molar-refractivity contribution in [2.75, 3.05) is 6.61 Å². The summed E-state index contributed by atoms with van der Waals surface area (Å²) in [4.78, 5) is 0. The Morgan fingerprint density at radius 2 is 2.16 bits per heavy atom. The molecule has 104 valence electrons. The Kier molecular flexibility index (Phi) is 4.31. The number of hydrogen-bond acceptors (Lipinski definition) is 2. The Bertz CT molecular complexity index is 460. The van der Waals surface area contributed by atoms with Gasteiger partial charge < -0.3 is 10.5 Å². The van der Waals surface area contributed by atoms with E-state index in [0.29, 0.717) is 12.5 Å². The fraction of sp³-hybridized carbons (Fsp3) is 0.529. The monoisotopic (exact) mass is 259 g/mol. The minimum Gasteiger partial charge on any atom is -0.489 e. The number of hydrogen-bond donors (Lipinski definition) is 1. The van der Waals surface area contributed by atoms with Gasteiger partial charge in [-0.3, -0.25) is 0 Å². The highest BCUT2D eigenvalue weighted by Crippen LogP contribution is 2.26. The van der Waals surface area contributed by atoms with Crippen LogP contribution in [0.3, 0.4) is 0 Å². The number of nitrogens with two attached hydrogens (primary N) is 1. The Labute approximate surface area is 116 Å². The van der Waals surface area contributed by atoms with Crippen molar-refractivity contribution in [3.8, 4) is 5.75 Å². The molecule has 1 aromatic carbocycles. The van der Waals surface area contributed by atoms with Crippen LogP contribution in [0, 0.1) is 0 Å². The van der Waals surface area contributed by atoms with Crippen molar-refractivity contribution in [3.05, 3.63) is 41.5 Å². The topological polar surface area (TPSA) is 35.2 Å². The van der Waals surface area contributed by atoms with Gasteiger partial charge in [0.1, 0.15) is 12.4 Å². The molecule has 1 aliphatic rings. The van der Waals surface area contributed by atoms with Crippen LogP contribution in [-0.4, -0.2) is 12.1 Å². The van der Waals surface area contributed by atoms with Crippen molar-refractivity contribution >= 4 is 0 Å². The molecule has 1 aliphatic carbocycles. The lowest BCUT2D eigenvalue weighted by molar-refractivity contribution is 0.329. The molecule has 0 spiro atoms. The third-order valence-corrected chi connectivity index (χ3v) is 3.82. The minimum atomic E-state index is -0.0267. The second-order valence-corrected chi connectivity index (χ2v) is 6.24. The predicted octanol–water partition coefficient (Wildman–Crippen LogP) is 4.02. The highest BCUT2D eigenvalue weighted by molar-refractivity contribution is 5.30. The summed E-state index contributed by atoms with van der Waals surface area (Å²) in [7, 11) is 0. The van der Waals surface area contributed by atoms with Gasteiger partial charge in [0.25, 0.3) is 0 Å². The van der Waals surface area contributed by atoms with E-state index in [1.54, 1.807) is 0 Å². The standard InChI is InChI=1S/C17H25NO/c1-13(2)15-5-4-6-16(11-15)19-12-14-7-9-17(3,18)10-8-14/h4-7,11,13H,8-10,12,18H2,1-3H3. The molecule has 0 bridgehead atoms. The predicted molar refractivity (Wildman–Crippen MR) is 80.6 cm³/mol. The van der Waals surface area contributed by atoms with Crippen molar-refractivity contribution in [2.45, 2.75) is 51.5 Å². The molecule has 0 saturated carbocycles. The SMILES string of the molecule is CC(C)c1cccc(OCC2=CCC(C)(N)CC2)c1. The molecule has 0 aliphatic heterocycles. The first kappa shape index (κ1) is 14.1. The Morgan fingerprint density at radius 3 is 2.79 bits per heavy atom. The van der Waals surface area contributed by atoms with Crippen molar-refractivity contribution in [2.24, 2.45) is 5.73 Å². The third kappa shape index (κ3) is 4.10. The minimum absolute atomic E-state index is 0.0267. The summed E-state index contributed by atoms with van der Waals surface area (Å²) >= 11 is 0. The summed E-state index contributed by atoms with van der Waals surface area (Å²) < 4.78 is 5.90. The summed E-state index contributed by atoms with van der Waals surface area (Å²) in [5, 5.41) is 0. The lowest BCUT2D eigenvalue weighted by Crippen LogP contribution is -2.37. The van der Waals surface area contributed by atoms with Gasteiger partial charge in [-0.25, -0.2) is 0 Å². The second kappa shape index (κ2) is 5.79. The van der Waals surface area contributed by atoms with Crippen LogP contribution in [0.1, 0.15) is 51.5 Å². The van der Waals surface area contributed by atoms with E-state index in [1.807, 2.05) is 6.07 Å². The van der Waals surface area contributed by atoms with Crippen molar-refractivity contribution < 1.29 is 4.74 Å². The van der Waals surface area contributed by atoms with Crippen molar-refractivity contribution in [1.29, 1.82) is 0 Å². The molecule has 1 atom stereocenters. The van der Waals surface area contributed by atoms with Gasteiger partial charge in [0.2, 0.25) is 0 Å². The van der Waals surface area contributed by atoms with Crippen LogP contribution in [-0.2, 0) is 0 Å². The molecular formula is C17H25NO. The summed E-state index contributed by atoms with van der Waals surface area (Å²) in [5.41, 5.74) is 8.79. The summed E-state index contributed by atoms with van der Waals surface area (Å²) in [6.07, 6.45) is 5.30. The summed E-state index contributed by atoms with van der Waals surface area (Å²) in [6.45, 7) is 7.21. The van der Waals surface area contributed by atoms with Crippen molar-refractivity contribution in [3.63, 3.8) is 0 Å². The lowest BCUT2D eigenvalue weighted by atomic mass is 9.85. The Hall–Kier alpha value is -1.28. The number of ether oxygens (including phenoxy) is 1. The van der Waals surface area contributed by atoms with E-state index in [-0.39, 0.29) is 5.54 Å². The first-order valence-electron chi connectivity index (χ1n) is 7.16. The fourth-order valence-electron chi connectivity index (χ4n) is 2.30. The van der Waals surface area contributed by atoms with E-state index in [9.17, 15) is 0 Å². The largest absolute Gasteiger partial charge is 0.489 e. The summed E-state index contributed by atoms with van der Waals surface area (Å²) in [6, 6.07) is 8.39. The van der Waals surface area contributed by atoms with E-state index in [0.717, 1.165) is 25.0 Å². The quantitative estimate of drug-likeness (QED) is 0.829. The van der Waals surface area contributed by atoms with Crippen LogP contribution in [0.2, 0.25) is 0 Å². The molecule has 0 aromatic heterocycles. The Morgan fingerprint density at radius 1 is 1.37 bits per heavy atom. The molecule has 19 heavy (non-hydrogen) atoms. The van der Waals surface area contributed by atoms with Gasteiger partial charge in [0.15, 0.2) is 0 Å². The first-order valence-corrected chi connectivity index (χ1v) is 7.16. The molecule has 1 unspecified atom stereocenters. The second-order valence-electron chi connectivity index (χ2n) is 6.24. The normalized spacial score (nSPS) is 23.3. The zero-order valence-electron chi connectivity index (χ0n) is 12.3. The van der Waals surface area contributed by atoms with Gasteiger partial charge in [0, 0.05) is 5.54 Å². The molecule has 2 nitrogen and oxygen atoms in total. The van der Waals surface area contributed by atoms with E-state index >= 15 is 0 Å². The van der Waals surface area contributed by atoms with E-state index < -0.39 is 0 Å². The fourth-order valence-corrected chi connectivity index (χ4v) is 2.30. The molecule has 0 saturated heterocycles. The molecule has 2 N–H and O–H groups in total. The van der Waals surface area contributed by atoms with Gasteiger partial charge in [0.05, 0.1) is 0 Å². The molecule has 1 aromatic rings. The zero-order valence-corrected chi connectivity index (χ0v) is 12.3. The van der Waals surface area contributed by atoms with Crippen LogP contribution in [0.25, 0.3) is 0 Å². The molecule has 2 heteroatoms. The highest BCUT2D eigenvalue weighted by Gasteiger charge is 2.21. The van der Waals surface area contributed by atoms with Gasteiger partial charge in [-0.15, -0.1) is 0 Å². The van der Waals surface area contributed by atoms with Crippen LogP contribution in [0.15, 0.2) is 35.9 Å². The van der Waals surface area contributed by atoms with E-state index in [4.69, 9.17) is 10.5 Å². The maximum atomic E-state index is 6.12. The molecule has 0 heterocycles. The van der Waals surface area contributed by atoms with Gasteiger partial charge in [-0.05, 0) is 55.4 Å². The van der Waals surface area contributed by atoms with Gasteiger partial charge in [-0.1, -0.05) is 32.1 Å². The van der Waals surface area contributed by atoms with Crippen LogP contribution >= 0.6 is 0 Å². The van der Waals surface area contributed by atoms with Gasteiger partial charge >= 0.3 is 0 Å². The molecular weight excluding hydrogens is 234 g/mol. The number of rotatable bonds is 4. The van der Waals surface area contributed by atoms with Crippen molar-refractivity contribution in [1.82, 2.24) is 0 Å². The average molecular weight is 259 g/mol. The smallest absolute Gasteiger partial charge is 0.120 e.